The molecule has 1 unspecified atom stereocenters. The number of aromatic hydroxyl groups is 1. The summed E-state index contributed by atoms with van der Waals surface area (Å²) >= 11 is 1.86. The zero-order valence-electron chi connectivity index (χ0n) is 15.3. The number of thiophene rings is 1. The highest BCUT2D eigenvalue weighted by atomic mass is 32.1. The fraction of sp³-hybridized carbons (Fsp3) is 0.318. The maximum Gasteiger partial charge on any atom is 0.130 e. The van der Waals surface area contributed by atoms with Crippen LogP contribution in [0.3, 0.4) is 0 Å². The third-order valence-electron chi connectivity index (χ3n) is 5.12. The molecule has 3 heterocycles. The number of phenolic OH excluding ortho intramolecular Hbond substituents is 1. The van der Waals surface area contributed by atoms with E-state index in [1.165, 1.54) is 28.2 Å². The molecule has 26 heavy (non-hydrogen) atoms. The van der Waals surface area contributed by atoms with E-state index in [4.69, 9.17) is 4.98 Å². The van der Waals surface area contributed by atoms with Crippen molar-refractivity contribution in [2.24, 2.45) is 0 Å². The number of nitrogens with zero attached hydrogens (tertiary/aromatic N) is 2. The molecule has 0 radical (unpaired) electrons. The van der Waals surface area contributed by atoms with Gasteiger partial charge in [0.2, 0.25) is 0 Å². The van der Waals surface area contributed by atoms with Gasteiger partial charge in [0.15, 0.2) is 0 Å². The second-order valence-corrected chi connectivity index (χ2v) is 8.12. The van der Waals surface area contributed by atoms with Crippen LogP contribution in [0.25, 0.3) is 21.7 Å². The maximum absolute atomic E-state index is 9.60. The summed E-state index contributed by atoms with van der Waals surface area (Å²) in [5, 5.41) is 9.60. The first kappa shape index (κ1) is 17.1. The van der Waals surface area contributed by atoms with E-state index in [1.807, 2.05) is 23.5 Å². The lowest BCUT2D eigenvalue weighted by Crippen LogP contribution is -2.27. The lowest BCUT2D eigenvalue weighted by molar-refractivity contribution is 0.475. The van der Waals surface area contributed by atoms with Crippen LogP contribution in [0.2, 0.25) is 0 Å². The van der Waals surface area contributed by atoms with E-state index in [0.717, 1.165) is 30.0 Å². The summed E-state index contributed by atoms with van der Waals surface area (Å²) in [4.78, 5) is 10.1. The SMILES string of the molecule is CCc1ccc(-c2cc(-c3ccc(O)cc3)nc(N3CCCC3C)c2)s1. The van der Waals surface area contributed by atoms with E-state index < -0.39 is 0 Å². The Balaban J connectivity index is 1.82. The van der Waals surface area contributed by atoms with E-state index in [0.29, 0.717) is 6.04 Å². The van der Waals surface area contributed by atoms with Crippen LogP contribution in [0.4, 0.5) is 5.82 Å². The highest BCUT2D eigenvalue weighted by molar-refractivity contribution is 7.15. The Hall–Kier alpha value is -2.33. The normalized spacial score (nSPS) is 17.0. The molecule has 1 N–H and O–H groups in total. The molecule has 1 saturated heterocycles. The molecule has 1 atom stereocenters. The monoisotopic (exact) mass is 364 g/mol. The Bertz CT molecular complexity index is 901. The Kier molecular flexibility index (Phi) is 4.68. The van der Waals surface area contributed by atoms with Gasteiger partial charge in [0, 0.05) is 27.9 Å². The molecule has 0 saturated carbocycles. The van der Waals surface area contributed by atoms with Crippen LogP contribution in [0.5, 0.6) is 5.75 Å². The van der Waals surface area contributed by atoms with Crippen LogP contribution in [0.1, 0.15) is 31.6 Å². The van der Waals surface area contributed by atoms with Gasteiger partial charge in [0.1, 0.15) is 11.6 Å². The van der Waals surface area contributed by atoms with Crippen molar-refractivity contribution in [1.82, 2.24) is 4.98 Å². The van der Waals surface area contributed by atoms with Crippen LogP contribution < -0.4 is 4.90 Å². The van der Waals surface area contributed by atoms with Gasteiger partial charge in [-0.05, 0) is 80.3 Å². The Morgan fingerprint density at radius 1 is 1.12 bits per heavy atom. The van der Waals surface area contributed by atoms with E-state index in [9.17, 15) is 5.11 Å². The molecule has 3 aromatic rings. The number of phenols is 1. The molecule has 2 aromatic heterocycles. The molecule has 134 valence electrons. The first-order valence-corrected chi connectivity index (χ1v) is 10.1. The number of aryl methyl sites for hydroxylation is 1. The van der Waals surface area contributed by atoms with Gasteiger partial charge in [-0.15, -0.1) is 11.3 Å². The number of hydrogen-bond acceptors (Lipinski definition) is 4. The fourth-order valence-electron chi connectivity index (χ4n) is 3.58. The lowest BCUT2D eigenvalue weighted by atomic mass is 10.1. The minimum atomic E-state index is 0.282. The van der Waals surface area contributed by atoms with E-state index in [1.54, 1.807) is 12.1 Å². The topological polar surface area (TPSA) is 36.4 Å². The Labute approximate surface area is 159 Å². The molecule has 4 rings (SSSR count). The number of aromatic nitrogens is 1. The van der Waals surface area contributed by atoms with Crippen LogP contribution in [0.15, 0.2) is 48.5 Å². The highest BCUT2D eigenvalue weighted by Gasteiger charge is 2.23. The number of rotatable bonds is 4. The van der Waals surface area contributed by atoms with Crippen molar-refractivity contribution in [3.63, 3.8) is 0 Å². The minimum Gasteiger partial charge on any atom is -0.508 e. The van der Waals surface area contributed by atoms with Gasteiger partial charge in [-0.3, -0.25) is 0 Å². The molecule has 0 spiro atoms. The largest absolute Gasteiger partial charge is 0.508 e. The zero-order chi connectivity index (χ0) is 18.1. The summed E-state index contributed by atoms with van der Waals surface area (Å²) in [6, 6.07) is 16.7. The minimum absolute atomic E-state index is 0.282. The lowest BCUT2D eigenvalue weighted by Gasteiger charge is -2.24. The molecular formula is C22H24N2OS. The first-order valence-electron chi connectivity index (χ1n) is 9.31. The Morgan fingerprint density at radius 3 is 2.58 bits per heavy atom. The summed E-state index contributed by atoms with van der Waals surface area (Å²) in [6.07, 6.45) is 3.51. The van der Waals surface area contributed by atoms with E-state index >= 15 is 0 Å². The summed E-state index contributed by atoms with van der Waals surface area (Å²) < 4.78 is 0. The van der Waals surface area contributed by atoms with Gasteiger partial charge in [-0.25, -0.2) is 4.98 Å². The van der Waals surface area contributed by atoms with Crippen molar-refractivity contribution in [2.45, 2.75) is 39.2 Å². The van der Waals surface area contributed by atoms with Crippen molar-refractivity contribution in [3.8, 4) is 27.4 Å². The van der Waals surface area contributed by atoms with Gasteiger partial charge in [0.05, 0.1) is 5.69 Å². The summed E-state index contributed by atoms with van der Waals surface area (Å²) in [7, 11) is 0. The third kappa shape index (κ3) is 3.34. The standard InChI is InChI=1S/C22H24N2OS/c1-3-19-10-11-21(26-19)17-13-20(16-6-8-18(25)9-7-16)23-22(14-17)24-12-4-5-15(24)2/h6-11,13-15,25H,3-5,12H2,1-2H3. The van der Waals surface area contributed by atoms with Crippen molar-refractivity contribution in [1.29, 1.82) is 0 Å². The van der Waals surface area contributed by atoms with E-state index in [2.05, 4.69) is 43.0 Å². The molecule has 0 aliphatic carbocycles. The summed E-state index contributed by atoms with van der Waals surface area (Å²) in [5.74, 6) is 1.34. The molecule has 1 aliphatic rings. The second-order valence-electron chi connectivity index (χ2n) is 6.95. The molecule has 3 nitrogen and oxygen atoms in total. The molecule has 0 amide bonds. The Morgan fingerprint density at radius 2 is 1.92 bits per heavy atom. The van der Waals surface area contributed by atoms with Crippen LogP contribution >= 0.6 is 11.3 Å². The number of hydrogen-bond donors (Lipinski definition) is 1. The molecule has 1 aliphatic heterocycles. The van der Waals surface area contributed by atoms with Crippen LogP contribution in [0, 0.1) is 0 Å². The fourth-order valence-corrected chi connectivity index (χ4v) is 4.52. The van der Waals surface area contributed by atoms with Crippen molar-refractivity contribution in [2.75, 3.05) is 11.4 Å². The zero-order valence-corrected chi connectivity index (χ0v) is 16.1. The molecule has 4 heteroatoms. The van der Waals surface area contributed by atoms with Crippen molar-refractivity contribution in [3.05, 3.63) is 53.4 Å². The maximum atomic E-state index is 9.60. The summed E-state index contributed by atoms with van der Waals surface area (Å²) in [6.45, 7) is 5.54. The average Bonchev–Trinajstić information content (AvgIpc) is 3.31. The highest BCUT2D eigenvalue weighted by Crippen LogP contribution is 2.35. The van der Waals surface area contributed by atoms with Crippen molar-refractivity contribution < 1.29 is 5.11 Å². The molecule has 1 aromatic carbocycles. The van der Waals surface area contributed by atoms with Gasteiger partial charge < -0.3 is 10.0 Å². The molecule has 1 fully saturated rings. The smallest absolute Gasteiger partial charge is 0.130 e. The number of benzene rings is 1. The third-order valence-corrected chi connectivity index (χ3v) is 6.40. The van der Waals surface area contributed by atoms with Gasteiger partial charge >= 0.3 is 0 Å². The van der Waals surface area contributed by atoms with E-state index in [-0.39, 0.29) is 5.75 Å². The second kappa shape index (κ2) is 7.12. The van der Waals surface area contributed by atoms with Gasteiger partial charge in [0.25, 0.3) is 0 Å². The van der Waals surface area contributed by atoms with Crippen molar-refractivity contribution >= 4 is 17.2 Å². The number of pyridine rings is 1. The van der Waals surface area contributed by atoms with Gasteiger partial charge in [-0.2, -0.15) is 0 Å². The predicted octanol–water partition coefficient (Wildman–Crippen LogP) is 5.73. The van der Waals surface area contributed by atoms with Crippen LogP contribution in [-0.4, -0.2) is 22.7 Å². The predicted molar refractivity (Wildman–Crippen MR) is 110 cm³/mol. The molecule has 0 bridgehead atoms. The van der Waals surface area contributed by atoms with Gasteiger partial charge in [-0.1, -0.05) is 6.92 Å². The average molecular weight is 365 g/mol. The summed E-state index contributed by atoms with van der Waals surface area (Å²) in [5.41, 5.74) is 3.22. The molecular weight excluding hydrogens is 340 g/mol. The van der Waals surface area contributed by atoms with Crippen LogP contribution in [-0.2, 0) is 6.42 Å². The number of anilines is 1. The first-order chi connectivity index (χ1) is 12.6. The quantitative estimate of drug-likeness (QED) is 0.642.